The average Bonchev–Trinajstić information content (AvgIpc) is 3.80. The molecule has 55 heavy (non-hydrogen) atoms. The van der Waals surface area contributed by atoms with Gasteiger partial charge in [-0.25, -0.2) is 0 Å². The number of rotatable bonds is 6. The van der Waals surface area contributed by atoms with Crippen LogP contribution in [0.1, 0.15) is 0 Å². The lowest BCUT2D eigenvalue weighted by atomic mass is 9.90. The summed E-state index contributed by atoms with van der Waals surface area (Å²) in [6.45, 7) is 0. The van der Waals surface area contributed by atoms with Gasteiger partial charge in [-0.2, -0.15) is 0 Å². The smallest absolute Gasteiger partial charge is 0.159 e. The summed E-state index contributed by atoms with van der Waals surface area (Å²) >= 11 is 0. The van der Waals surface area contributed by atoms with E-state index in [4.69, 9.17) is 4.42 Å². The lowest BCUT2D eigenvalue weighted by Gasteiger charge is -2.27. The summed E-state index contributed by atoms with van der Waals surface area (Å²) in [4.78, 5) is 2.37. The molecular formula is C52H34N2O. The van der Waals surface area contributed by atoms with Gasteiger partial charge < -0.3 is 13.9 Å². The fourth-order valence-electron chi connectivity index (χ4n) is 8.51. The van der Waals surface area contributed by atoms with Crippen LogP contribution < -0.4 is 4.90 Å². The van der Waals surface area contributed by atoms with Gasteiger partial charge in [0, 0.05) is 38.6 Å². The van der Waals surface area contributed by atoms with E-state index in [-0.39, 0.29) is 0 Å². The highest BCUT2D eigenvalue weighted by molar-refractivity contribution is 6.13. The van der Waals surface area contributed by atoms with Crippen molar-refractivity contribution in [3.8, 4) is 27.9 Å². The zero-order valence-corrected chi connectivity index (χ0v) is 29.9. The molecule has 0 saturated heterocycles. The SMILES string of the molecule is c1ccc(-c2cc(N(c3ccc4c5ccccc5n(-c5ccccc5)c4c3)c3cccc4c3oc3ccccc34)ccc2-c2cccc3ccccc23)cc1. The van der Waals surface area contributed by atoms with Crippen molar-refractivity contribution in [1.29, 1.82) is 0 Å². The van der Waals surface area contributed by atoms with Gasteiger partial charge in [-0.15, -0.1) is 0 Å². The van der Waals surface area contributed by atoms with E-state index in [1.54, 1.807) is 0 Å². The Morgan fingerprint density at radius 1 is 0.382 bits per heavy atom. The number of aromatic nitrogens is 1. The van der Waals surface area contributed by atoms with Crippen LogP contribution in [0.3, 0.4) is 0 Å². The van der Waals surface area contributed by atoms with Crippen molar-refractivity contribution in [3.63, 3.8) is 0 Å². The maximum Gasteiger partial charge on any atom is 0.159 e. The first-order valence-corrected chi connectivity index (χ1v) is 18.8. The molecule has 3 nitrogen and oxygen atoms in total. The molecule has 0 fully saturated rings. The Kier molecular flexibility index (Phi) is 7.17. The topological polar surface area (TPSA) is 21.3 Å². The first-order valence-electron chi connectivity index (χ1n) is 18.8. The fourth-order valence-corrected chi connectivity index (χ4v) is 8.51. The van der Waals surface area contributed by atoms with Crippen molar-refractivity contribution in [2.45, 2.75) is 0 Å². The zero-order valence-electron chi connectivity index (χ0n) is 29.9. The van der Waals surface area contributed by atoms with Gasteiger partial charge in [0.2, 0.25) is 0 Å². The van der Waals surface area contributed by atoms with Gasteiger partial charge in [-0.1, -0.05) is 152 Å². The van der Waals surface area contributed by atoms with E-state index in [0.717, 1.165) is 61.3 Å². The third-order valence-corrected chi connectivity index (χ3v) is 11.0. The first kappa shape index (κ1) is 31.2. The molecule has 0 atom stereocenters. The molecule has 0 radical (unpaired) electrons. The predicted octanol–water partition coefficient (Wildman–Crippen LogP) is 14.6. The summed E-state index contributed by atoms with van der Waals surface area (Å²) < 4.78 is 9.13. The first-order chi connectivity index (χ1) is 27.3. The highest BCUT2D eigenvalue weighted by Crippen LogP contribution is 2.46. The normalized spacial score (nSPS) is 11.6. The number of hydrogen-bond acceptors (Lipinski definition) is 2. The number of fused-ring (bicyclic) bond motifs is 7. The Morgan fingerprint density at radius 2 is 1.02 bits per heavy atom. The van der Waals surface area contributed by atoms with Gasteiger partial charge in [0.25, 0.3) is 0 Å². The highest BCUT2D eigenvalue weighted by Gasteiger charge is 2.23. The van der Waals surface area contributed by atoms with Gasteiger partial charge in [0.15, 0.2) is 5.58 Å². The Balaban J connectivity index is 1.21. The average molecular weight is 703 g/mol. The number of furan rings is 1. The maximum atomic E-state index is 6.75. The molecule has 0 aliphatic carbocycles. The van der Waals surface area contributed by atoms with Crippen LogP contribution in [-0.4, -0.2) is 4.57 Å². The minimum absolute atomic E-state index is 0.854. The molecule has 0 aliphatic rings. The molecule has 0 saturated carbocycles. The number of para-hydroxylation sites is 4. The molecule has 0 bridgehead atoms. The zero-order chi connectivity index (χ0) is 36.3. The van der Waals surface area contributed by atoms with Crippen molar-refractivity contribution in [3.05, 3.63) is 206 Å². The lowest BCUT2D eigenvalue weighted by molar-refractivity contribution is 0.669. The quantitative estimate of drug-likeness (QED) is 0.172. The van der Waals surface area contributed by atoms with Crippen LogP contribution in [0.25, 0.3) is 82.5 Å². The minimum Gasteiger partial charge on any atom is -0.454 e. The molecule has 11 aromatic rings. The summed E-state index contributed by atoms with van der Waals surface area (Å²) in [6.07, 6.45) is 0. The van der Waals surface area contributed by atoms with Crippen LogP contribution >= 0.6 is 0 Å². The van der Waals surface area contributed by atoms with Crippen LogP contribution in [0.4, 0.5) is 17.1 Å². The van der Waals surface area contributed by atoms with E-state index in [9.17, 15) is 0 Å². The molecule has 2 heterocycles. The minimum atomic E-state index is 0.854. The maximum absolute atomic E-state index is 6.75. The van der Waals surface area contributed by atoms with Gasteiger partial charge in [0.05, 0.1) is 16.7 Å². The van der Waals surface area contributed by atoms with Crippen LogP contribution in [0, 0.1) is 0 Å². The van der Waals surface area contributed by atoms with Gasteiger partial charge in [-0.05, 0) is 87.6 Å². The van der Waals surface area contributed by atoms with E-state index in [1.807, 2.05) is 6.07 Å². The van der Waals surface area contributed by atoms with E-state index < -0.39 is 0 Å². The monoisotopic (exact) mass is 702 g/mol. The molecule has 3 heteroatoms. The van der Waals surface area contributed by atoms with Gasteiger partial charge in [0.1, 0.15) is 5.58 Å². The van der Waals surface area contributed by atoms with Crippen LogP contribution in [0.5, 0.6) is 0 Å². The Labute approximate surface area is 318 Å². The third kappa shape index (κ3) is 5.05. The lowest BCUT2D eigenvalue weighted by Crippen LogP contribution is -2.11. The summed E-state index contributed by atoms with van der Waals surface area (Å²) in [5.74, 6) is 0. The molecule has 0 N–H and O–H groups in total. The summed E-state index contributed by atoms with van der Waals surface area (Å²) in [7, 11) is 0. The molecule has 0 amide bonds. The number of hydrogen-bond donors (Lipinski definition) is 0. The molecule has 2 aromatic heterocycles. The molecule has 0 aliphatic heterocycles. The van der Waals surface area contributed by atoms with Crippen molar-refractivity contribution in [2.24, 2.45) is 0 Å². The van der Waals surface area contributed by atoms with E-state index in [2.05, 4.69) is 210 Å². The molecular weight excluding hydrogens is 669 g/mol. The van der Waals surface area contributed by atoms with Crippen molar-refractivity contribution in [1.82, 2.24) is 4.57 Å². The van der Waals surface area contributed by atoms with Gasteiger partial charge in [-0.3, -0.25) is 0 Å². The predicted molar refractivity (Wildman–Crippen MR) is 231 cm³/mol. The molecule has 11 rings (SSSR count). The fraction of sp³-hybridized carbons (Fsp3) is 0. The number of anilines is 3. The van der Waals surface area contributed by atoms with Crippen molar-refractivity contribution >= 4 is 71.6 Å². The summed E-state index contributed by atoms with van der Waals surface area (Å²) in [6, 6.07) is 74.0. The summed E-state index contributed by atoms with van der Waals surface area (Å²) in [5, 5.41) is 7.09. The Morgan fingerprint density at radius 3 is 1.89 bits per heavy atom. The van der Waals surface area contributed by atoms with Crippen LogP contribution in [-0.2, 0) is 0 Å². The van der Waals surface area contributed by atoms with Crippen LogP contribution in [0.15, 0.2) is 211 Å². The third-order valence-electron chi connectivity index (χ3n) is 11.0. The van der Waals surface area contributed by atoms with E-state index in [0.29, 0.717) is 0 Å². The Hall–Kier alpha value is -7.36. The van der Waals surface area contributed by atoms with E-state index in [1.165, 1.54) is 38.2 Å². The Bertz CT molecular complexity index is 3200. The van der Waals surface area contributed by atoms with Crippen molar-refractivity contribution in [2.75, 3.05) is 4.90 Å². The van der Waals surface area contributed by atoms with E-state index >= 15 is 0 Å². The second-order valence-corrected chi connectivity index (χ2v) is 14.1. The standard InChI is InChI=1S/C52H34N2O/c1-3-15-36(16-4-1)47-33-38(29-31-42(47)41-24-13-18-35-17-7-8-21-40(35)41)53(49-27-14-25-46-45-23-10-12-28-51(45)55-52(46)49)39-30-32-44-43-22-9-11-26-48(43)54(50(44)34-39)37-19-5-2-6-20-37/h1-34H. The number of benzene rings is 9. The summed E-state index contributed by atoms with van der Waals surface area (Å²) in [5.41, 5.74) is 13.0. The highest BCUT2D eigenvalue weighted by atomic mass is 16.3. The largest absolute Gasteiger partial charge is 0.454 e. The molecule has 0 spiro atoms. The second-order valence-electron chi connectivity index (χ2n) is 14.1. The molecule has 258 valence electrons. The van der Waals surface area contributed by atoms with Crippen LogP contribution in [0.2, 0.25) is 0 Å². The molecule has 0 unspecified atom stereocenters. The van der Waals surface area contributed by atoms with Gasteiger partial charge >= 0.3 is 0 Å². The number of nitrogens with zero attached hydrogens (tertiary/aromatic N) is 2. The second kappa shape index (κ2) is 12.6. The van der Waals surface area contributed by atoms with Crippen molar-refractivity contribution < 1.29 is 4.42 Å². The molecule has 9 aromatic carbocycles.